The van der Waals surface area contributed by atoms with Crippen molar-refractivity contribution in [3.05, 3.63) is 48.2 Å². The highest BCUT2D eigenvalue weighted by Gasteiger charge is 2.30. The van der Waals surface area contributed by atoms with Crippen LogP contribution in [0.25, 0.3) is 0 Å². The quantitative estimate of drug-likeness (QED) is 0.538. The van der Waals surface area contributed by atoms with E-state index in [4.69, 9.17) is 9.47 Å². The van der Waals surface area contributed by atoms with Gasteiger partial charge in [-0.25, -0.2) is 0 Å². The van der Waals surface area contributed by atoms with Crippen LogP contribution in [-0.4, -0.2) is 23.7 Å². The molecule has 0 aliphatic rings. The Balaban J connectivity index is 3.03. The molecule has 14 heavy (non-hydrogen) atoms. The normalized spacial score (nSPS) is 12.1. The molecule has 0 fully saturated rings. The number of hydrogen-bond acceptors (Lipinski definition) is 2. The molecule has 3 heteroatoms. The van der Waals surface area contributed by atoms with Crippen LogP contribution in [0.15, 0.2) is 42.6 Å². The Morgan fingerprint density at radius 3 is 2.21 bits per heavy atom. The van der Waals surface area contributed by atoms with Crippen molar-refractivity contribution in [2.45, 2.75) is 5.41 Å². The van der Waals surface area contributed by atoms with Gasteiger partial charge in [-0.15, -0.1) is 12.3 Å². The molecule has 0 unspecified atom stereocenters. The Morgan fingerprint density at radius 1 is 1.21 bits per heavy atom. The molecule has 0 saturated carbocycles. The molecular formula is C11H16O2Si. The maximum Gasteiger partial charge on any atom is 0.173 e. The summed E-state index contributed by atoms with van der Waals surface area (Å²) in [5.74, 6) is 0. The van der Waals surface area contributed by atoms with Gasteiger partial charge in [-0.05, 0) is 0 Å². The van der Waals surface area contributed by atoms with E-state index in [0.717, 1.165) is 5.56 Å². The second-order valence-corrected chi connectivity index (χ2v) is 4.94. The number of benzene rings is 1. The summed E-state index contributed by atoms with van der Waals surface area (Å²) in [4.78, 5) is 0. The van der Waals surface area contributed by atoms with Crippen molar-refractivity contribution in [3.8, 4) is 0 Å². The predicted molar refractivity (Wildman–Crippen MR) is 60.9 cm³/mol. The fraction of sp³-hybridized carbons (Fsp3) is 0.273. The Bertz CT molecular complexity index is 281. The lowest BCUT2D eigenvalue weighted by Gasteiger charge is -2.30. The van der Waals surface area contributed by atoms with Gasteiger partial charge in [0.15, 0.2) is 5.41 Å². The van der Waals surface area contributed by atoms with Crippen molar-refractivity contribution in [3.63, 3.8) is 0 Å². The third-order valence-electron chi connectivity index (χ3n) is 2.29. The first-order chi connectivity index (χ1) is 6.79. The van der Waals surface area contributed by atoms with Gasteiger partial charge in [-0.2, -0.15) is 0 Å². The van der Waals surface area contributed by atoms with Crippen LogP contribution in [0.5, 0.6) is 0 Å². The highest BCUT2D eigenvalue weighted by atomic mass is 28.2. The summed E-state index contributed by atoms with van der Waals surface area (Å²) in [5, 5.41) is 0. The molecule has 0 spiro atoms. The lowest BCUT2D eigenvalue weighted by Crippen LogP contribution is -2.36. The van der Waals surface area contributed by atoms with Crippen molar-refractivity contribution in [1.82, 2.24) is 0 Å². The first-order valence-electron chi connectivity index (χ1n) is 4.56. The van der Waals surface area contributed by atoms with E-state index in [-0.39, 0.29) is 0 Å². The topological polar surface area (TPSA) is 18.5 Å². The van der Waals surface area contributed by atoms with E-state index in [1.54, 1.807) is 14.2 Å². The monoisotopic (exact) mass is 208 g/mol. The van der Waals surface area contributed by atoms with Crippen LogP contribution in [0.3, 0.4) is 0 Å². The van der Waals surface area contributed by atoms with Crippen molar-refractivity contribution in [2.75, 3.05) is 14.2 Å². The van der Waals surface area contributed by atoms with Gasteiger partial charge in [-0.3, -0.25) is 0 Å². The summed E-state index contributed by atoms with van der Waals surface area (Å²) < 4.78 is 11.0. The highest BCUT2D eigenvalue weighted by Crippen LogP contribution is 2.24. The minimum absolute atomic E-state index is 0.553. The maximum atomic E-state index is 5.48. The second-order valence-electron chi connectivity index (χ2n) is 3.02. The summed E-state index contributed by atoms with van der Waals surface area (Å²) >= 11 is 0. The van der Waals surface area contributed by atoms with Crippen LogP contribution in [-0.2, 0) is 14.9 Å². The first-order valence-corrected chi connectivity index (χ1v) is 6.08. The predicted octanol–water partition coefficient (Wildman–Crippen LogP) is 1.40. The van der Waals surface area contributed by atoms with E-state index in [2.05, 4.69) is 6.58 Å². The van der Waals surface area contributed by atoms with Crippen LogP contribution < -0.4 is 0 Å². The maximum absolute atomic E-state index is 5.48. The molecule has 0 bridgehead atoms. The van der Waals surface area contributed by atoms with Crippen molar-refractivity contribution in [2.24, 2.45) is 0 Å². The summed E-state index contributed by atoms with van der Waals surface area (Å²) in [5.41, 5.74) is 2.44. The van der Waals surface area contributed by atoms with Gasteiger partial charge in [0.05, 0.1) is 0 Å². The molecule has 0 atom stereocenters. The lowest BCUT2D eigenvalue weighted by molar-refractivity contribution is -0.150. The summed E-state index contributed by atoms with van der Waals surface area (Å²) in [6.07, 6.45) is 0. The molecule has 0 aromatic heterocycles. The molecule has 2 nitrogen and oxygen atoms in total. The Hall–Kier alpha value is -0.903. The third-order valence-corrected chi connectivity index (χ3v) is 4.10. The molecular weight excluding hydrogens is 192 g/mol. The zero-order valence-corrected chi connectivity index (χ0v) is 10.1. The van der Waals surface area contributed by atoms with E-state index in [9.17, 15) is 0 Å². The number of hydrogen-bond donors (Lipinski definition) is 0. The van der Waals surface area contributed by atoms with Gasteiger partial charge < -0.3 is 9.47 Å². The Kier molecular flexibility index (Phi) is 4.07. The third kappa shape index (κ3) is 2.12. The smallest absolute Gasteiger partial charge is 0.173 e. The van der Waals surface area contributed by atoms with E-state index in [0.29, 0.717) is 0 Å². The molecule has 0 aliphatic carbocycles. The van der Waals surface area contributed by atoms with Gasteiger partial charge in [0.2, 0.25) is 0 Å². The van der Waals surface area contributed by atoms with Crippen molar-refractivity contribution < 1.29 is 9.47 Å². The summed E-state index contributed by atoms with van der Waals surface area (Å²) in [6, 6.07) is 9.99. The molecule has 1 rings (SSSR count). The van der Waals surface area contributed by atoms with Gasteiger partial charge in [0.25, 0.3) is 0 Å². The van der Waals surface area contributed by atoms with Crippen LogP contribution >= 0.6 is 0 Å². The zero-order valence-electron chi connectivity index (χ0n) is 8.69. The van der Waals surface area contributed by atoms with Crippen LogP contribution in [0.4, 0.5) is 0 Å². The van der Waals surface area contributed by atoms with E-state index >= 15 is 0 Å². The standard InChI is InChI=1S/C11H16O2Si/c1-4-14-11(12-2,13-3)10-8-6-5-7-9-10/h4-9H,1,14H2,2-3H3. The number of methoxy groups -OCH3 is 2. The largest absolute Gasteiger partial charge is 0.353 e. The van der Waals surface area contributed by atoms with Gasteiger partial charge in [0, 0.05) is 19.8 Å². The minimum Gasteiger partial charge on any atom is -0.353 e. The molecule has 1 aromatic carbocycles. The Labute approximate surface area is 87.4 Å². The van der Waals surface area contributed by atoms with E-state index in [1.807, 2.05) is 36.0 Å². The van der Waals surface area contributed by atoms with E-state index < -0.39 is 14.9 Å². The minimum atomic E-state index is -0.650. The summed E-state index contributed by atoms with van der Waals surface area (Å²) in [6.45, 7) is 3.77. The molecule has 0 heterocycles. The fourth-order valence-electron chi connectivity index (χ4n) is 1.49. The van der Waals surface area contributed by atoms with Crippen LogP contribution in [0.2, 0.25) is 0 Å². The van der Waals surface area contributed by atoms with Gasteiger partial charge >= 0.3 is 0 Å². The molecule has 76 valence electrons. The molecule has 1 aromatic rings. The Morgan fingerprint density at radius 2 is 1.79 bits per heavy atom. The molecule has 0 amide bonds. The molecule has 0 N–H and O–H groups in total. The number of ether oxygens (including phenoxy) is 2. The fourth-order valence-corrected chi connectivity index (χ4v) is 2.67. The van der Waals surface area contributed by atoms with Crippen LogP contribution in [0, 0.1) is 0 Å². The van der Waals surface area contributed by atoms with Gasteiger partial charge in [0.1, 0.15) is 9.52 Å². The average molecular weight is 208 g/mol. The lowest BCUT2D eigenvalue weighted by atomic mass is 10.2. The van der Waals surface area contributed by atoms with Crippen molar-refractivity contribution in [1.29, 1.82) is 0 Å². The molecule has 0 saturated heterocycles. The second kappa shape index (κ2) is 5.10. The van der Waals surface area contributed by atoms with Crippen LogP contribution in [0.1, 0.15) is 5.56 Å². The molecule has 0 radical (unpaired) electrons. The number of rotatable bonds is 5. The van der Waals surface area contributed by atoms with E-state index in [1.165, 1.54) is 0 Å². The highest BCUT2D eigenvalue weighted by molar-refractivity contribution is 6.44. The average Bonchev–Trinajstić information content (AvgIpc) is 2.27. The SMILES string of the molecule is C=C[SiH2]C(OC)(OC)c1ccccc1. The zero-order chi connectivity index (χ0) is 10.4. The van der Waals surface area contributed by atoms with Gasteiger partial charge in [-0.1, -0.05) is 30.3 Å². The first kappa shape index (κ1) is 11.2. The summed E-state index contributed by atoms with van der Waals surface area (Å²) in [7, 11) is 2.70. The molecule has 0 aliphatic heterocycles. The van der Waals surface area contributed by atoms with Crippen molar-refractivity contribution >= 4 is 9.52 Å².